The predicted molar refractivity (Wildman–Crippen MR) is 98.9 cm³/mol. The van der Waals surface area contributed by atoms with Gasteiger partial charge in [-0.1, -0.05) is 12.1 Å². The summed E-state index contributed by atoms with van der Waals surface area (Å²) in [7, 11) is 1.67. The van der Waals surface area contributed by atoms with E-state index in [1.165, 1.54) is 16.5 Å². The lowest BCUT2D eigenvalue weighted by Gasteiger charge is -2.26. The van der Waals surface area contributed by atoms with Crippen LogP contribution in [0, 0.1) is 6.92 Å². The molecule has 0 radical (unpaired) electrons. The van der Waals surface area contributed by atoms with Crippen molar-refractivity contribution in [1.82, 2.24) is 0 Å². The first-order chi connectivity index (χ1) is 12.6. The number of ether oxygens (including phenoxy) is 2. The lowest BCUT2D eigenvalue weighted by Crippen LogP contribution is -3.12. The van der Waals surface area contributed by atoms with Gasteiger partial charge in [-0.2, -0.15) is 0 Å². The highest BCUT2D eigenvalue weighted by Gasteiger charge is 2.24. The van der Waals surface area contributed by atoms with Crippen LogP contribution in [0.4, 0.5) is 0 Å². The molecule has 0 fully saturated rings. The van der Waals surface area contributed by atoms with Crippen molar-refractivity contribution < 1.29 is 18.8 Å². The summed E-state index contributed by atoms with van der Waals surface area (Å²) in [5, 5.41) is 0.975. The van der Waals surface area contributed by atoms with Gasteiger partial charge in [0, 0.05) is 17.9 Å². The molecule has 1 aliphatic heterocycles. The maximum atomic E-state index is 11.8. The second-order valence-corrected chi connectivity index (χ2v) is 6.73. The van der Waals surface area contributed by atoms with Gasteiger partial charge in [0.25, 0.3) is 0 Å². The molecule has 134 valence electrons. The van der Waals surface area contributed by atoms with Crippen molar-refractivity contribution in [2.45, 2.75) is 19.9 Å². The zero-order chi connectivity index (χ0) is 18.1. The second kappa shape index (κ2) is 6.84. The second-order valence-electron chi connectivity index (χ2n) is 6.73. The average Bonchev–Trinajstić information content (AvgIpc) is 2.66. The molecule has 4 rings (SSSR count). The lowest BCUT2D eigenvalue weighted by atomic mass is 10.0. The first-order valence-electron chi connectivity index (χ1n) is 8.79. The van der Waals surface area contributed by atoms with E-state index in [1.807, 2.05) is 31.2 Å². The molecule has 1 aliphatic rings. The summed E-state index contributed by atoms with van der Waals surface area (Å²) in [5.41, 5.74) is 3.54. The molecule has 3 aromatic rings. The van der Waals surface area contributed by atoms with Gasteiger partial charge in [-0.15, -0.1) is 0 Å². The van der Waals surface area contributed by atoms with Gasteiger partial charge in [0.1, 0.15) is 18.0 Å². The van der Waals surface area contributed by atoms with Crippen molar-refractivity contribution >= 4 is 11.0 Å². The van der Waals surface area contributed by atoms with Gasteiger partial charge in [-0.3, -0.25) is 4.90 Å². The molecule has 26 heavy (non-hydrogen) atoms. The van der Waals surface area contributed by atoms with Gasteiger partial charge in [-0.05, 0) is 42.3 Å². The largest absolute Gasteiger partial charge is 0.497 e. The van der Waals surface area contributed by atoms with Crippen molar-refractivity contribution in [2.24, 2.45) is 0 Å². The van der Waals surface area contributed by atoms with Gasteiger partial charge < -0.3 is 13.9 Å². The Balaban J connectivity index is 1.54. The first kappa shape index (κ1) is 16.7. The van der Waals surface area contributed by atoms with Gasteiger partial charge >= 0.3 is 5.63 Å². The summed E-state index contributed by atoms with van der Waals surface area (Å²) < 4.78 is 16.6. The van der Waals surface area contributed by atoms with Crippen LogP contribution in [0.5, 0.6) is 11.5 Å². The molecule has 0 amide bonds. The lowest BCUT2D eigenvalue weighted by molar-refractivity contribution is -0.932. The summed E-state index contributed by atoms with van der Waals surface area (Å²) in [6, 6.07) is 13.6. The summed E-state index contributed by atoms with van der Waals surface area (Å²) >= 11 is 0. The molecule has 0 aliphatic carbocycles. The number of quaternary nitrogens is 1. The maximum absolute atomic E-state index is 11.8. The summed E-state index contributed by atoms with van der Waals surface area (Å²) in [5.74, 6) is 1.69. The Morgan fingerprint density at radius 2 is 1.96 bits per heavy atom. The van der Waals surface area contributed by atoms with Crippen molar-refractivity contribution in [2.75, 3.05) is 20.4 Å². The molecule has 1 N–H and O–H groups in total. The molecule has 1 unspecified atom stereocenters. The number of hydrogen-bond acceptors (Lipinski definition) is 4. The Kier molecular flexibility index (Phi) is 4.39. The van der Waals surface area contributed by atoms with Crippen LogP contribution in [0.3, 0.4) is 0 Å². The zero-order valence-corrected chi connectivity index (χ0v) is 15.0. The van der Waals surface area contributed by atoms with Crippen molar-refractivity contribution in [3.8, 4) is 11.5 Å². The fourth-order valence-electron chi connectivity index (χ4n) is 3.48. The minimum Gasteiger partial charge on any atom is -0.497 e. The first-order valence-corrected chi connectivity index (χ1v) is 8.79. The molecule has 2 heterocycles. The number of aryl methyl sites for hydroxylation is 1. The highest BCUT2D eigenvalue weighted by molar-refractivity contribution is 5.84. The third-order valence-electron chi connectivity index (χ3n) is 4.96. The van der Waals surface area contributed by atoms with E-state index >= 15 is 0 Å². The van der Waals surface area contributed by atoms with E-state index in [-0.39, 0.29) is 5.63 Å². The van der Waals surface area contributed by atoms with E-state index in [4.69, 9.17) is 13.9 Å². The molecule has 1 atom stereocenters. The average molecular weight is 352 g/mol. The summed E-state index contributed by atoms with van der Waals surface area (Å²) in [6.07, 6.45) is 0.950. The Hall–Kier alpha value is -2.79. The van der Waals surface area contributed by atoms with E-state index in [1.54, 1.807) is 7.11 Å². The van der Waals surface area contributed by atoms with Crippen LogP contribution < -0.4 is 20.0 Å². The number of benzene rings is 2. The molecule has 5 nitrogen and oxygen atoms in total. The molecule has 5 heteroatoms. The van der Waals surface area contributed by atoms with Crippen LogP contribution in [-0.2, 0) is 13.0 Å². The van der Waals surface area contributed by atoms with E-state index in [2.05, 4.69) is 12.1 Å². The normalized spacial score (nSPS) is 16.2. The minimum absolute atomic E-state index is 0.311. The van der Waals surface area contributed by atoms with Crippen LogP contribution in [0.2, 0.25) is 0 Å². The van der Waals surface area contributed by atoms with Crippen LogP contribution in [0.25, 0.3) is 11.0 Å². The highest BCUT2D eigenvalue weighted by Crippen LogP contribution is 2.29. The van der Waals surface area contributed by atoms with E-state index in [0.717, 1.165) is 47.5 Å². The standard InChI is InChI=1S/C21H21NO4/c1-14-11-20(23)26-21-17(14)7-8-19-18(21)12-22(13-25-19)10-9-15-3-5-16(24-2)6-4-15/h3-8,11H,9-10,12-13H2,1-2H3/p+1. The molecule has 0 saturated carbocycles. The topological polar surface area (TPSA) is 53.1 Å². The smallest absolute Gasteiger partial charge is 0.336 e. The van der Waals surface area contributed by atoms with Crippen LogP contribution in [-0.4, -0.2) is 20.4 Å². The number of fused-ring (bicyclic) bond motifs is 3. The number of rotatable bonds is 4. The maximum Gasteiger partial charge on any atom is 0.336 e. The third-order valence-corrected chi connectivity index (χ3v) is 4.96. The molecule has 0 bridgehead atoms. The highest BCUT2D eigenvalue weighted by atomic mass is 16.5. The molecule has 0 saturated heterocycles. The third kappa shape index (κ3) is 3.18. The van der Waals surface area contributed by atoms with E-state index in [0.29, 0.717) is 12.3 Å². The fourth-order valence-corrected chi connectivity index (χ4v) is 3.48. The Morgan fingerprint density at radius 3 is 2.73 bits per heavy atom. The SMILES string of the molecule is COc1ccc(CC[NH+]2COc3ccc4c(C)cc(=O)oc4c3C2)cc1. The van der Waals surface area contributed by atoms with Gasteiger partial charge in [0.15, 0.2) is 5.58 Å². The van der Waals surface area contributed by atoms with E-state index in [9.17, 15) is 4.79 Å². The molecular formula is C21H22NO4+. The van der Waals surface area contributed by atoms with Crippen molar-refractivity contribution in [1.29, 1.82) is 0 Å². The van der Waals surface area contributed by atoms with Crippen molar-refractivity contribution in [3.63, 3.8) is 0 Å². The molecule has 1 aromatic heterocycles. The van der Waals surface area contributed by atoms with Gasteiger partial charge in [-0.25, -0.2) is 4.79 Å². The van der Waals surface area contributed by atoms with Gasteiger partial charge in [0.2, 0.25) is 6.73 Å². The van der Waals surface area contributed by atoms with Crippen LogP contribution in [0.15, 0.2) is 51.7 Å². The number of methoxy groups -OCH3 is 1. The van der Waals surface area contributed by atoms with Gasteiger partial charge in [0.05, 0.1) is 19.2 Å². The van der Waals surface area contributed by atoms with Crippen LogP contribution >= 0.6 is 0 Å². The summed E-state index contributed by atoms with van der Waals surface area (Å²) in [6.45, 7) is 4.28. The summed E-state index contributed by atoms with van der Waals surface area (Å²) in [4.78, 5) is 13.1. The molecule has 0 spiro atoms. The minimum atomic E-state index is -0.311. The number of hydrogen-bond donors (Lipinski definition) is 1. The Morgan fingerprint density at radius 1 is 1.15 bits per heavy atom. The Labute approximate surface area is 151 Å². The van der Waals surface area contributed by atoms with E-state index < -0.39 is 0 Å². The quantitative estimate of drug-likeness (QED) is 0.731. The number of nitrogens with one attached hydrogen (secondary N) is 1. The molecular weight excluding hydrogens is 330 g/mol. The fraction of sp³-hybridized carbons (Fsp3) is 0.286. The van der Waals surface area contributed by atoms with Crippen LogP contribution in [0.1, 0.15) is 16.7 Å². The predicted octanol–water partition coefficient (Wildman–Crippen LogP) is 2.09. The monoisotopic (exact) mass is 352 g/mol. The molecule has 2 aromatic carbocycles. The van der Waals surface area contributed by atoms with Crippen molar-refractivity contribution in [3.05, 3.63) is 69.6 Å². The Bertz CT molecular complexity index is 991. The zero-order valence-electron chi connectivity index (χ0n) is 15.0.